The molecule has 0 aromatic heterocycles. The number of ether oxygens (including phenoxy) is 1. The van der Waals surface area contributed by atoms with Crippen LogP contribution in [0.4, 0.5) is 16.2 Å². The minimum atomic E-state index is -1.21. The van der Waals surface area contributed by atoms with Gasteiger partial charge in [-0.05, 0) is 38.5 Å². The van der Waals surface area contributed by atoms with E-state index in [-0.39, 0.29) is 0 Å². The lowest BCUT2D eigenvalue weighted by atomic mass is 10.0. The minimum absolute atomic E-state index is 0.376. The number of benzene rings is 1. The lowest BCUT2D eigenvalue weighted by molar-refractivity contribution is -0.141. The Labute approximate surface area is 121 Å². The third kappa shape index (κ3) is 3.31. The summed E-state index contributed by atoms with van der Waals surface area (Å²) in [6, 6.07) is 4.53. The molecule has 2 rings (SSSR count). The Morgan fingerprint density at radius 3 is 2.57 bits per heavy atom. The van der Waals surface area contributed by atoms with Crippen molar-refractivity contribution in [3.05, 3.63) is 23.8 Å². The standard InChI is InChI=1S/C14H16N2O5/c1-14(2,3)21-13(20)15-7-4-5-8-9(6-7)16-11(17)10(8)12(18)19/h4-6,10H,1-3H3,(H,15,20)(H,16,17)(H,18,19). The normalized spacial score (nSPS) is 16.9. The molecule has 1 heterocycles. The summed E-state index contributed by atoms with van der Waals surface area (Å²) in [5.74, 6) is -3.01. The Hall–Kier alpha value is -2.57. The second kappa shape index (κ2) is 5.08. The zero-order valence-electron chi connectivity index (χ0n) is 11.9. The van der Waals surface area contributed by atoms with Crippen molar-refractivity contribution in [2.75, 3.05) is 10.6 Å². The van der Waals surface area contributed by atoms with E-state index in [0.29, 0.717) is 16.9 Å². The van der Waals surface area contributed by atoms with Gasteiger partial charge in [0.05, 0.1) is 0 Å². The van der Waals surface area contributed by atoms with Crippen LogP contribution in [0.5, 0.6) is 0 Å². The maximum absolute atomic E-state index is 11.7. The van der Waals surface area contributed by atoms with Gasteiger partial charge < -0.3 is 15.2 Å². The molecule has 3 N–H and O–H groups in total. The Kier molecular flexibility index (Phi) is 3.59. The molecule has 0 saturated heterocycles. The number of hydrogen-bond acceptors (Lipinski definition) is 4. The van der Waals surface area contributed by atoms with Crippen LogP contribution < -0.4 is 10.6 Å². The van der Waals surface area contributed by atoms with Crippen molar-refractivity contribution in [3.8, 4) is 0 Å². The van der Waals surface area contributed by atoms with Gasteiger partial charge in [-0.15, -0.1) is 0 Å². The fraction of sp³-hybridized carbons (Fsp3) is 0.357. The lowest BCUT2D eigenvalue weighted by Crippen LogP contribution is -2.27. The van der Waals surface area contributed by atoms with Gasteiger partial charge in [-0.25, -0.2) is 4.79 Å². The van der Waals surface area contributed by atoms with E-state index in [2.05, 4.69) is 10.6 Å². The van der Waals surface area contributed by atoms with Crippen LogP contribution in [0.25, 0.3) is 0 Å². The van der Waals surface area contributed by atoms with Crippen molar-refractivity contribution in [2.45, 2.75) is 32.3 Å². The first-order chi connectivity index (χ1) is 9.67. The largest absolute Gasteiger partial charge is 0.480 e. The molecule has 0 saturated carbocycles. The van der Waals surface area contributed by atoms with Crippen molar-refractivity contribution in [2.24, 2.45) is 0 Å². The number of carbonyl (C=O) groups excluding carboxylic acids is 2. The van der Waals surface area contributed by atoms with E-state index in [1.54, 1.807) is 20.8 Å². The van der Waals surface area contributed by atoms with Crippen molar-refractivity contribution >= 4 is 29.3 Å². The molecule has 112 valence electrons. The predicted octanol–water partition coefficient (Wildman–Crippen LogP) is 2.15. The molecule has 21 heavy (non-hydrogen) atoms. The van der Waals surface area contributed by atoms with Gasteiger partial charge in [0.15, 0.2) is 5.92 Å². The number of anilines is 2. The number of hydrogen-bond donors (Lipinski definition) is 3. The van der Waals surface area contributed by atoms with Gasteiger partial charge in [0.2, 0.25) is 5.91 Å². The highest BCUT2D eigenvalue weighted by molar-refractivity contribution is 6.14. The molecular weight excluding hydrogens is 276 g/mol. The van der Waals surface area contributed by atoms with Gasteiger partial charge >= 0.3 is 12.1 Å². The van der Waals surface area contributed by atoms with Gasteiger partial charge in [0, 0.05) is 11.4 Å². The zero-order chi connectivity index (χ0) is 15.8. The molecule has 1 unspecified atom stereocenters. The second-order valence-electron chi connectivity index (χ2n) is 5.69. The minimum Gasteiger partial charge on any atom is -0.480 e. The topological polar surface area (TPSA) is 105 Å². The molecule has 1 aromatic carbocycles. The monoisotopic (exact) mass is 292 g/mol. The van der Waals surface area contributed by atoms with E-state index in [4.69, 9.17) is 9.84 Å². The van der Waals surface area contributed by atoms with Crippen molar-refractivity contribution in [1.29, 1.82) is 0 Å². The van der Waals surface area contributed by atoms with Crippen LogP contribution >= 0.6 is 0 Å². The summed E-state index contributed by atoms with van der Waals surface area (Å²) < 4.78 is 5.11. The molecule has 1 aliphatic heterocycles. The highest BCUT2D eigenvalue weighted by Crippen LogP contribution is 2.34. The summed E-state index contributed by atoms with van der Waals surface area (Å²) in [5.41, 5.74) is 0.543. The summed E-state index contributed by atoms with van der Waals surface area (Å²) in [6.07, 6.45) is -0.624. The van der Waals surface area contributed by atoms with Gasteiger partial charge in [0.25, 0.3) is 0 Å². The van der Waals surface area contributed by atoms with Crippen molar-refractivity contribution in [3.63, 3.8) is 0 Å². The van der Waals surface area contributed by atoms with Crippen LogP contribution in [0.2, 0.25) is 0 Å². The van der Waals surface area contributed by atoms with Crippen LogP contribution in [0.15, 0.2) is 18.2 Å². The van der Waals surface area contributed by atoms with Gasteiger partial charge in [0.1, 0.15) is 5.60 Å². The Balaban J connectivity index is 2.17. The Morgan fingerprint density at radius 2 is 2.00 bits per heavy atom. The molecule has 2 amide bonds. The molecule has 0 radical (unpaired) electrons. The molecular formula is C14H16N2O5. The highest BCUT2D eigenvalue weighted by atomic mass is 16.6. The lowest BCUT2D eigenvalue weighted by Gasteiger charge is -2.19. The highest BCUT2D eigenvalue weighted by Gasteiger charge is 2.36. The fourth-order valence-electron chi connectivity index (χ4n) is 2.01. The second-order valence-corrected chi connectivity index (χ2v) is 5.69. The van der Waals surface area contributed by atoms with Crippen LogP contribution in [0.1, 0.15) is 32.3 Å². The fourth-order valence-corrected chi connectivity index (χ4v) is 2.01. The smallest absolute Gasteiger partial charge is 0.412 e. The molecule has 7 heteroatoms. The molecule has 0 bridgehead atoms. The predicted molar refractivity (Wildman–Crippen MR) is 75.3 cm³/mol. The molecule has 1 atom stereocenters. The third-order valence-electron chi connectivity index (χ3n) is 2.78. The first-order valence-corrected chi connectivity index (χ1v) is 6.35. The molecule has 0 aliphatic carbocycles. The summed E-state index contributed by atoms with van der Waals surface area (Å²) in [7, 11) is 0. The van der Waals surface area contributed by atoms with E-state index >= 15 is 0 Å². The zero-order valence-corrected chi connectivity index (χ0v) is 11.9. The number of carboxylic acid groups (broad SMARTS) is 1. The Bertz CT molecular complexity index is 618. The number of fused-ring (bicyclic) bond motifs is 1. The van der Waals surface area contributed by atoms with E-state index in [0.717, 1.165) is 0 Å². The van der Waals surface area contributed by atoms with E-state index in [1.165, 1.54) is 18.2 Å². The molecule has 0 spiro atoms. The van der Waals surface area contributed by atoms with Crippen LogP contribution in [-0.4, -0.2) is 28.7 Å². The number of carbonyl (C=O) groups is 3. The summed E-state index contributed by atoms with van der Waals surface area (Å²) in [5, 5.41) is 14.0. The number of rotatable bonds is 2. The van der Waals surface area contributed by atoms with Gasteiger partial charge in [-0.2, -0.15) is 0 Å². The van der Waals surface area contributed by atoms with E-state index in [9.17, 15) is 14.4 Å². The average Bonchev–Trinajstić information content (AvgIpc) is 2.61. The van der Waals surface area contributed by atoms with Crippen LogP contribution in [0.3, 0.4) is 0 Å². The summed E-state index contributed by atoms with van der Waals surface area (Å²) in [4.78, 5) is 34.3. The maximum atomic E-state index is 11.7. The number of aliphatic carboxylic acids is 1. The van der Waals surface area contributed by atoms with E-state index < -0.39 is 29.5 Å². The molecule has 7 nitrogen and oxygen atoms in total. The van der Waals surface area contributed by atoms with Crippen LogP contribution in [0, 0.1) is 0 Å². The van der Waals surface area contributed by atoms with Gasteiger partial charge in [-0.3, -0.25) is 14.9 Å². The molecule has 1 aliphatic rings. The van der Waals surface area contributed by atoms with Crippen molar-refractivity contribution in [1.82, 2.24) is 0 Å². The van der Waals surface area contributed by atoms with E-state index in [1.807, 2.05) is 0 Å². The quantitative estimate of drug-likeness (QED) is 0.724. The Morgan fingerprint density at radius 1 is 1.33 bits per heavy atom. The molecule has 0 fully saturated rings. The molecule has 1 aromatic rings. The van der Waals surface area contributed by atoms with Crippen LogP contribution in [-0.2, 0) is 14.3 Å². The van der Waals surface area contributed by atoms with Gasteiger partial charge in [-0.1, -0.05) is 6.07 Å². The average molecular weight is 292 g/mol. The first kappa shape index (κ1) is 14.8. The van der Waals surface area contributed by atoms with Crippen molar-refractivity contribution < 1.29 is 24.2 Å². The first-order valence-electron chi connectivity index (χ1n) is 6.35. The maximum Gasteiger partial charge on any atom is 0.412 e. The summed E-state index contributed by atoms with van der Waals surface area (Å²) in [6.45, 7) is 5.23. The number of carboxylic acids is 1. The number of nitrogens with one attached hydrogen (secondary N) is 2. The number of amides is 2. The summed E-state index contributed by atoms with van der Waals surface area (Å²) >= 11 is 0. The SMILES string of the molecule is CC(C)(C)OC(=O)Nc1ccc2c(c1)NC(=O)C2C(=O)O. The third-order valence-corrected chi connectivity index (χ3v) is 2.78.